The average molecular weight is 448 g/mol. The molecule has 2 aromatic heterocycles. The van der Waals surface area contributed by atoms with Crippen LogP contribution in [0.1, 0.15) is 53.6 Å². The van der Waals surface area contributed by atoms with Crippen LogP contribution in [0.15, 0.2) is 42.6 Å². The van der Waals surface area contributed by atoms with E-state index in [1.807, 2.05) is 0 Å². The van der Waals surface area contributed by atoms with E-state index in [0.29, 0.717) is 24.4 Å². The van der Waals surface area contributed by atoms with Crippen LogP contribution in [0, 0.1) is 5.82 Å². The van der Waals surface area contributed by atoms with Crippen LogP contribution in [0.4, 0.5) is 17.6 Å². The lowest BCUT2D eigenvalue weighted by Gasteiger charge is -2.19. The molecule has 6 nitrogen and oxygen atoms in total. The normalized spacial score (nSPS) is 16.2. The van der Waals surface area contributed by atoms with Gasteiger partial charge in [0.05, 0.1) is 23.0 Å². The summed E-state index contributed by atoms with van der Waals surface area (Å²) in [5, 5.41) is 17.3. The van der Waals surface area contributed by atoms with Gasteiger partial charge in [0, 0.05) is 23.9 Å². The number of hydrogen-bond acceptors (Lipinski definition) is 4. The van der Waals surface area contributed by atoms with Crippen LogP contribution in [0.25, 0.3) is 11.3 Å². The van der Waals surface area contributed by atoms with Gasteiger partial charge in [0.15, 0.2) is 0 Å². The average Bonchev–Trinajstić information content (AvgIpc) is 3.28. The Kier molecular flexibility index (Phi) is 5.28. The number of nitrogens with one attached hydrogen (secondary N) is 1. The number of halogens is 4. The molecule has 3 heterocycles. The van der Waals surface area contributed by atoms with Gasteiger partial charge < -0.3 is 10.4 Å². The second-order valence-electron chi connectivity index (χ2n) is 8.21. The maximum atomic E-state index is 14.0. The summed E-state index contributed by atoms with van der Waals surface area (Å²) < 4.78 is 54.5. The van der Waals surface area contributed by atoms with Gasteiger partial charge in [0.25, 0.3) is 5.91 Å². The topological polar surface area (TPSA) is 80.0 Å². The van der Waals surface area contributed by atoms with Gasteiger partial charge in [-0.3, -0.25) is 14.5 Å². The Hall–Kier alpha value is -3.27. The minimum Gasteiger partial charge on any atom is -0.386 e. The molecule has 0 aliphatic carbocycles. The highest BCUT2D eigenvalue weighted by Gasteiger charge is 2.33. The fourth-order valence-corrected chi connectivity index (χ4v) is 3.64. The van der Waals surface area contributed by atoms with Crippen LogP contribution >= 0.6 is 0 Å². The third kappa shape index (κ3) is 4.36. The van der Waals surface area contributed by atoms with Crippen LogP contribution in [-0.4, -0.2) is 25.8 Å². The van der Waals surface area contributed by atoms with E-state index in [1.54, 1.807) is 10.7 Å². The van der Waals surface area contributed by atoms with Gasteiger partial charge >= 0.3 is 6.18 Å². The first-order valence-corrected chi connectivity index (χ1v) is 9.87. The van der Waals surface area contributed by atoms with Crippen molar-refractivity contribution in [3.63, 3.8) is 0 Å². The highest BCUT2D eigenvalue weighted by molar-refractivity contribution is 5.94. The molecular weight excluding hydrogens is 428 g/mol. The number of aliphatic hydroxyl groups is 1. The number of aryl methyl sites for hydroxylation is 1. The van der Waals surface area contributed by atoms with Gasteiger partial charge in [-0.15, -0.1) is 0 Å². The van der Waals surface area contributed by atoms with E-state index < -0.39 is 35.2 Å². The maximum Gasteiger partial charge on any atom is 0.433 e. The molecule has 0 fully saturated rings. The van der Waals surface area contributed by atoms with Crippen molar-refractivity contribution in [2.45, 2.75) is 44.6 Å². The molecule has 0 radical (unpaired) electrons. The summed E-state index contributed by atoms with van der Waals surface area (Å²) in [6, 6.07) is 7.21. The van der Waals surface area contributed by atoms with Crippen LogP contribution in [0.5, 0.6) is 0 Å². The molecule has 1 amide bonds. The lowest BCUT2D eigenvalue weighted by molar-refractivity contribution is -0.141. The summed E-state index contributed by atoms with van der Waals surface area (Å²) in [5.41, 5.74) is -0.776. The SMILES string of the molecule is CC(C)(O)c1cc(F)cc(C(=O)NC2CCn3nc(-c4ccnc(C(F)(F)F)c4)cc32)c1. The van der Waals surface area contributed by atoms with Gasteiger partial charge in [-0.05, 0) is 62.2 Å². The smallest absolute Gasteiger partial charge is 0.386 e. The zero-order valence-electron chi connectivity index (χ0n) is 17.2. The van der Waals surface area contributed by atoms with Crippen molar-refractivity contribution < 1.29 is 27.5 Å². The van der Waals surface area contributed by atoms with Crippen molar-refractivity contribution in [3.8, 4) is 11.3 Å². The number of benzene rings is 1. The monoisotopic (exact) mass is 448 g/mol. The maximum absolute atomic E-state index is 14.0. The predicted molar refractivity (Wildman–Crippen MR) is 107 cm³/mol. The van der Waals surface area contributed by atoms with Crippen LogP contribution in [0.2, 0.25) is 0 Å². The number of nitrogens with zero attached hydrogens (tertiary/aromatic N) is 3. The lowest BCUT2D eigenvalue weighted by Crippen LogP contribution is -2.28. The highest BCUT2D eigenvalue weighted by Crippen LogP contribution is 2.33. The van der Waals surface area contributed by atoms with E-state index in [0.717, 1.165) is 24.4 Å². The molecule has 168 valence electrons. The van der Waals surface area contributed by atoms with Crippen molar-refractivity contribution in [1.29, 1.82) is 0 Å². The van der Waals surface area contributed by atoms with Crippen molar-refractivity contribution in [2.24, 2.45) is 0 Å². The molecule has 0 saturated heterocycles. The molecule has 1 aliphatic rings. The Morgan fingerprint density at radius 3 is 2.62 bits per heavy atom. The molecule has 32 heavy (non-hydrogen) atoms. The Bertz CT molecular complexity index is 1180. The minimum absolute atomic E-state index is 0.0595. The quantitative estimate of drug-likeness (QED) is 0.587. The molecule has 10 heteroatoms. The molecule has 1 atom stereocenters. The summed E-state index contributed by atoms with van der Waals surface area (Å²) >= 11 is 0. The zero-order chi connectivity index (χ0) is 23.3. The van der Waals surface area contributed by atoms with Gasteiger partial charge in [-0.25, -0.2) is 4.39 Å². The van der Waals surface area contributed by atoms with Crippen LogP contribution in [-0.2, 0) is 18.3 Å². The number of aromatic nitrogens is 3. The zero-order valence-corrected chi connectivity index (χ0v) is 17.2. The summed E-state index contributed by atoms with van der Waals surface area (Å²) in [6.07, 6.45) is -2.96. The third-order valence-electron chi connectivity index (χ3n) is 5.32. The van der Waals surface area contributed by atoms with Crippen molar-refractivity contribution in [1.82, 2.24) is 20.1 Å². The lowest BCUT2D eigenvalue weighted by atomic mass is 9.96. The number of alkyl halides is 3. The van der Waals surface area contributed by atoms with Gasteiger partial charge in [0.1, 0.15) is 11.5 Å². The largest absolute Gasteiger partial charge is 0.433 e. The first-order valence-electron chi connectivity index (χ1n) is 9.87. The fourth-order valence-electron chi connectivity index (χ4n) is 3.64. The molecule has 1 unspecified atom stereocenters. The van der Waals surface area contributed by atoms with Crippen molar-refractivity contribution in [2.75, 3.05) is 0 Å². The number of pyridine rings is 1. The van der Waals surface area contributed by atoms with Gasteiger partial charge in [-0.2, -0.15) is 18.3 Å². The second-order valence-corrected chi connectivity index (χ2v) is 8.21. The Morgan fingerprint density at radius 2 is 1.94 bits per heavy atom. The first-order chi connectivity index (χ1) is 14.9. The fraction of sp³-hybridized carbons (Fsp3) is 0.318. The van der Waals surface area contributed by atoms with E-state index in [2.05, 4.69) is 15.4 Å². The van der Waals surface area contributed by atoms with Crippen LogP contribution < -0.4 is 5.32 Å². The number of fused-ring (bicyclic) bond motifs is 1. The summed E-state index contributed by atoms with van der Waals surface area (Å²) in [4.78, 5) is 16.1. The number of hydrogen-bond donors (Lipinski definition) is 2. The molecule has 3 aromatic rings. The molecular formula is C22H20F4N4O2. The highest BCUT2D eigenvalue weighted by atomic mass is 19.4. The molecule has 4 rings (SSSR count). The Balaban J connectivity index is 1.57. The standard InChI is InChI=1S/C22H20F4N4O2/c1-21(2,32)14-7-13(8-15(23)10-14)20(31)28-16-4-6-30-18(16)11-17(29-30)12-3-5-27-19(9-12)22(24,25)26/h3,5,7-11,16,32H,4,6H2,1-2H3,(H,28,31). The molecule has 0 saturated carbocycles. The molecule has 1 aliphatic heterocycles. The minimum atomic E-state index is -4.57. The predicted octanol–water partition coefficient (Wildman–Crippen LogP) is 4.21. The summed E-state index contributed by atoms with van der Waals surface area (Å²) in [6.45, 7) is 3.45. The Labute approximate surface area is 180 Å². The van der Waals surface area contributed by atoms with Gasteiger partial charge in [0.2, 0.25) is 0 Å². The van der Waals surface area contributed by atoms with Crippen molar-refractivity contribution >= 4 is 5.91 Å². The second kappa shape index (κ2) is 7.70. The van der Waals surface area contributed by atoms with Gasteiger partial charge in [-0.1, -0.05) is 0 Å². The molecule has 2 N–H and O–H groups in total. The Morgan fingerprint density at radius 1 is 1.19 bits per heavy atom. The molecule has 0 spiro atoms. The van der Waals surface area contributed by atoms with E-state index >= 15 is 0 Å². The van der Waals surface area contributed by atoms with E-state index in [1.165, 1.54) is 26.0 Å². The number of carbonyl (C=O) groups is 1. The number of rotatable bonds is 4. The number of carbonyl (C=O) groups excluding carboxylic acids is 1. The molecule has 0 bridgehead atoms. The van der Waals surface area contributed by atoms with E-state index in [4.69, 9.17) is 0 Å². The van der Waals surface area contributed by atoms with E-state index in [-0.39, 0.29) is 16.7 Å². The molecule has 1 aromatic carbocycles. The third-order valence-corrected chi connectivity index (χ3v) is 5.32. The number of amides is 1. The van der Waals surface area contributed by atoms with E-state index in [9.17, 15) is 27.5 Å². The summed E-state index contributed by atoms with van der Waals surface area (Å²) in [5.74, 6) is -1.17. The van der Waals surface area contributed by atoms with Crippen LogP contribution in [0.3, 0.4) is 0 Å². The summed E-state index contributed by atoms with van der Waals surface area (Å²) in [7, 11) is 0. The van der Waals surface area contributed by atoms with Crippen molar-refractivity contribution in [3.05, 3.63) is 70.9 Å². The first kappa shape index (κ1) is 21.9.